The summed E-state index contributed by atoms with van der Waals surface area (Å²) in [6, 6.07) is 16.4. The van der Waals surface area contributed by atoms with Gasteiger partial charge in [0.1, 0.15) is 4.21 Å². The average molecular weight is 650 g/mol. The van der Waals surface area contributed by atoms with Gasteiger partial charge in [-0.3, -0.25) is 0 Å². The van der Waals surface area contributed by atoms with E-state index >= 15 is 0 Å². The maximum atomic E-state index is 12.8. The summed E-state index contributed by atoms with van der Waals surface area (Å²) in [7, 11) is -3.68. The van der Waals surface area contributed by atoms with Crippen LogP contribution in [-0.4, -0.2) is 18.2 Å². The molecule has 0 aliphatic heterocycles. The van der Waals surface area contributed by atoms with Crippen LogP contribution in [0.2, 0.25) is 10.0 Å². The lowest BCUT2D eigenvalue weighted by Gasteiger charge is -2.11. The molecule has 0 bridgehead atoms. The zero-order chi connectivity index (χ0) is 23.8. The Morgan fingerprint density at radius 2 is 1.79 bits per heavy atom. The fraction of sp³-hybridized carbons (Fsp3) is 0.136. The van der Waals surface area contributed by atoms with Gasteiger partial charge in [-0.05, 0) is 64.8 Å². The van der Waals surface area contributed by atoms with Gasteiger partial charge >= 0.3 is 0 Å². The van der Waals surface area contributed by atoms with Crippen molar-refractivity contribution in [1.29, 1.82) is 0 Å². The standard InChI is InChI=1S/C22H17Br2Cl2N3O2S2/c1-2-16-18(12-27-33(30,31)21-10-9-20(24)32-21)28-29(19-8-7-15(25)11-17(19)26)22(16)13-3-5-14(23)6-4-13/h3-11,27H,2,12H2,1H3. The molecular weight excluding hydrogens is 633 g/mol. The molecule has 0 spiro atoms. The summed E-state index contributed by atoms with van der Waals surface area (Å²) in [5, 5.41) is 5.75. The number of hydrogen-bond acceptors (Lipinski definition) is 4. The summed E-state index contributed by atoms with van der Waals surface area (Å²) in [5.74, 6) is 0. The highest BCUT2D eigenvalue weighted by molar-refractivity contribution is 9.11. The lowest BCUT2D eigenvalue weighted by Crippen LogP contribution is -2.23. The van der Waals surface area contributed by atoms with E-state index < -0.39 is 10.0 Å². The Labute approximate surface area is 223 Å². The van der Waals surface area contributed by atoms with Crippen LogP contribution in [-0.2, 0) is 23.0 Å². The van der Waals surface area contributed by atoms with Crippen LogP contribution in [0, 0.1) is 0 Å². The molecule has 0 fully saturated rings. The van der Waals surface area contributed by atoms with Crippen LogP contribution in [0.25, 0.3) is 16.9 Å². The van der Waals surface area contributed by atoms with Gasteiger partial charge in [0, 0.05) is 20.6 Å². The molecule has 0 aliphatic rings. The van der Waals surface area contributed by atoms with Crippen molar-refractivity contribution >= 4 is 76.4 Å². The third-order valence-corrected chi connectivity index (χ3v) is 9.50. The molecule has 0 atom stereocenters. The van der Waals surface area contributed by atoms with E-state index in [0.717, 1.165) is 36.4 Å². The molecule has 0 aliphatic carbocycles. The van der Waals surface area contributed by atoms with Crippen LogP contribution in [0.4, 0.5) is 0 Å². The summed E-state index contributed by atoms with van der Waals surface area (Å²) < 4.78 is 31.9. The van der Waals surface area contributed by atoms with Crippen LogP contribution < -0.4 is 4.72 Å². The Balaban J connectivity index is 1.82. The molecule has 0 amide bonds. The quantitative estimate of drug-likeness (QED) is 0.226. The first-order valence-electron chi connectivity index (χ1n) is 9.76. The Hall–Kier alpha value is -1.20. The summed E-state index contributed by atoms with van der Waals surface area (Å²) in [6.45, 7) is 2.06. The zero-order valence-electron chi connectivity index (χ0n) is 17.1. The maximum Gasteiger partial charge on any atom is 0.250 e. The number of sulfonamides is 1. The Morgan fingerprint density at radius 1 is 1.06 bits per heavy atom. The summed E-state index contributed by atoms with van der Waals surface area (Å²) in [4.78, 5) is 0. The van der Waals surface area contributed by atoms with Gasteiger partial charge in [-0.2, -0.15) is 5.10 Å². The van der Waals surface area contributed by atoms with Crippen LogP contribution in [0.5, 0.6) is 0 Å². The van der Waals surface area contributed by atoms with Gasteiger partial charge in [-0.1, -0.05) is 58.2 Å². The monoisotopic (exact) mass is 647 g/mol. The number of nitrogens with one attached hydrogen (secondary N) is 1. The highest BCUT2D eigenvalue weighted by Crippen LogP contribution is 2.34. The molecule has 0 saturated carbocycles. The second-order valence-corrected chi connectivity index (χ2v) is 13.2. The average Bonchev–Trinajstić information content (AvgIpc) is 3.37. The molecule has 4 rings (SSSR count). The van der Waals surface area contributed by atoms with Crippen LogP contribution >= 0.6 is 66.4 Å². The third-order valence-electron chi connectivity index (χ3n) is 4.92. The van der Waals surface area contributed by atoms with Gasteiger partial charge in [0.05, 0.1) is 32.4 Å². The van der Waals surface area contributed by atoms with Crippen molar-refractivity contribution in [3.63, 3.8) is 0 Å². The van der Waals surface area contributed by atoms with Gasteiger partial charge in [-0.15, -0.1) is 11.3 Å². The van der Waals surface area contributed by atoms with Gasteiger partial charge < -0.3 is 0 Å². The van der Waals surface area contributed by atoms with E-state index in [4.69, 9.17) is 28.3 Å². The van der Waals surface area contributed by atoms with E-state index in [1.54, 1.807) is 35.0 Å². The molecule has 4 aromatic rings. The minimum absolute atomic E-state index is 0.0444. The summed E-state index contributed by atoms with van der Waals surface area (Å²) in [6.07, 6.45) is 0.651. The number of thiophene rings is 1. The fourth-order valence-corrected chi connectivity index (χ4v) is 7.21. The molecule has 1 N–H and O–H groups in total. The van der Waals surface area contributed by atoms with Gasteiger partial charge in [-0.25, -0.2) is 17.8 Å². The van der Waals surface area contributed by atoms with Gasteiger partial charge in [0.15, 0.2) is 0 Å². The van der Waals surface area contributed by atoms with Crippen LogP contribution in [0.15, 0.2) is 67.1 Å². The molecule has 2 heterocycles. The van der Waals surface area contributed by atoms with Crippen molar-refractivity contribution < 1.29 is 8.42 Å². The van der Waals surface area contributed by atoms with Crippen molar-refractivity contribution in [2.75, 3.05) is 0 Å². The summed E-state index contributed by atoms with van der Waals surface area (Å²) >= 11 is 20.6. The van der Waals surface area contributed by atoms with E-state index in [0.29, 0.717) is 27.8 Å². The molecule has 2 aromatic heterocycles. The van der Waals surface area contributed by atoms with Gasteiger partial charge in [0.2, 0.25) is 10.0 Å². The predicted molar refractivity (Wildman–Crippen MR) is 142 cm³/mol. The topological polar surface area (TPSA) is 64.0 Å². The van der Waals surface area contributed by atoms with Crippen LogP contribution in [0.3, 0.4) is 0 Å². The zero-order valence-corrected chi connectivity index (χ0v) is 23.5. The lowest BCUT2D eigenvalue weighted by molar-refractivity contribution is 0.582. The molecule has 33 heavy (non-hydrogen) atoms. The first kappa shape index (κ1) is 24.9. The second kappa shape index (κ2) is 10.2. The van der Waals surface area contributed by atoms with Crippen molar-refractivity contribution in [1.82, 2.24) is 14.5 Å². The normalized spacial score (nSPS) is 11.8. The fourth-order valence-electron chi connectivity index (χ4n) is 3.42. The minimum atomic E-state index is -3.68. The van der Waals surface area contributed by atoms with Gasteiger partial charge in [0.25, 0.3) is 0 Å². The molecule has 5 nitrogen and oxygen atoms in total. The SMILES string of the molecule is CCc1c(CNS(=O)(=O)c2ccc(Br)s2)nn(-c2ccc(Cl)cc2Cl)c1-c1ccc(Br)cc1. The highest BCUT2D eigenvalue weighted by Gasteiger charge is 2.23. The predicted octanol–water partition coefficient (Wildman–Crippen LogP) is 7.47. The summed E-state index contributed by atoms with van der Waals surface area (Å²) in [5.41, 5.74) is 4.00. The van der Waals surface area contributed by atoms with Crippen molar-refractivity contribution in [3.8, 4) is 16.9 Å². The molecule has 2 aromatic carbocycles. The number of aromatic nitrogens is 2. The van der Waals surface area contributed by atoms with Crippen LogP contribution in [0.1, 0.15) is 18.2 Å². The Bertz CT molecular complexity index is 1420. The molecule has 0 unspecified atom stereocenters. The molecule has 11 heteroatoms. The van der Waals surface area contributed by atoms with E-state index in [1.807, 2.05) is 31.2 Å². The lowest BCUT2D eigenvalue weighted by atomic mass is 10.0. The highest BCUT2D eigenvalue weighted by atomic mass is 79.9. The Morgan fingerprint density at radius 3 is 2.39 bits per heavy atom. The second-order valence-electron chi connectivity index (χ2n) is 7.02. The van der Waals surface area contributed by atoms with Crippen molar-refractivity contribution in [2.24, 2.45) is 0 Å². The molecule has 172 valence electrons. The largest absolute Gasteiger partial charge is 0.250 e. The van der Waals surface area contributed by atoms with E-state index in [2.05, 4.69) is 36.6 Å². The molecule has 0 radical (unpaired) electrons. The number of rotatable bonds is 7. The first-order valence-corrected chi connectivity index (χ1v) is 14.4. The molecule has 0 saturated heterocycles. The van der Waals surface area contributed by atoms with Crippen molar-refractivity contribution in [2.45, 2.75) is 24.1 Å². The smallest absolute Gasteiger partial charge is 0.231 e. The number of nitrogens with zero attached hydrogens (tertiary/aromatic N) is 2. The number of benzene rings is 2. The minimum Gasteiger partial charge on any atom is -0.231 e. The van der Waals surface area contributed by atoms with E-state index in [1.165, 1.54) is 0 Å². The van der Waals surface area contributed by atoms with E-state index in [9.17, 15) is 8.42 Å². The number of hydrogen-bond donors (Lipinski definition) is 1. The maximum absolute atomic E-state index is 12.8. The first-order chi connectivity index (χ1) is 15.7. The van der Waals surface area contributed by atoms with E-state index in [-0.39, 0.29) is 10.8 Å². The Kier molecular flexibility index (Phi) is 7.69. The third kappa shape index (κ3) is 5.40. The van der Waals surface area contributed by atoms with Crippen molar-refractivity contribution in [3.05, 3.63) is 84.2 Å². The number of halogens is 4. The molecular formula is C22H17Br2Cl2N3O2S2.